The first kappa shape index (κ1) is 26.3. The zero-order chi connectivity index (χ0) is 23.2. The molecule has 0 aromatic heterocycles. The van der Waals surface area contributed by atoms with Crippen molar-refractivity contribution in [2.24, 2.45) is 23.2 Å². The summed E-state index contributed by atoms with van der Waals surface area (Å²) in [7, 11) is 0. The van der Waals surface area contributed by atoms with Gasteiger partial charge in [-0.2, -0.15) is 0 Å². The van der Waals surface area contributed by atoms with Crippen LogP contribution in [0.25, 0.3) is 0 Å². The molecule has 1 heterocycles. The SMILES string of the molecule is Cc1c(C)c(C)c2c(c1C)CC(C)(CCCC(C)CCCC(C)CCCC(C)C)CO2. The van der Waals surface area contributed by atoms with Gasteiger partial charge < -0.3 is 4.74 Å². The van der Waals surface area contributed by atoms with Crippen molar-refractivity contribution in [3.8, 4) is 5.75 Å². The van der Waals surface area contributed by atoms with Crippen LogP contribution in [0, 0.1) is 50.9 Å². The van der Waals surface area contributed by atoms with Gasteiger partial charge in [-0.25, -0.2) is 0 Å². The van der Waals surface area contributed by atoms with Gasteiger partial charge in [0.05, 0.1) is 6.61 Å². The molecule has 1 heteroatoms. The first-order valence-corrected chi connectivity index (χ1v) is 13.3. The minimum atomic E-state index is 0.288. The van der Waals surface area contributed by atoms with Crippen molar-refractivity contribution in [1.82, 2.24) is 0 Å². The van der Waals surface area contributed by atoms with E-state index >= 15 is 0 Å². The highest BCUT2D eigenvalue weighted by molar-refractivity contribution is 5.55. The molecule has 0 fully saturated rings. The summed E-state index contributed by atoms with van der Waals surface area (Å²) < 4.78 is 6.38. The molecule has 3 atom stereocenters. The van der Waals surface area contributed by atoms with Crippen LogP contribution in [0.15, 0.2) is 0 Å². The zero-order valence-corrected chi connectivity index (χ0v) is 22.4. The average Bonchev–Trinajstić information content (AvgIpc) is 2.70. The smallest absolute Gasteiger partial charge is 0.125 e. The van der Waals surface area contributed by atoms with E-state index < -0.39 is 0 Å². The molecule has 0 bridgehead atoms. The molecular formula is C30H52O. The van der Waals surface area contributed by atoms with E-state index in [1.807, 2.05) is 0 Å². The lowest BCUT2D eigenvalue weighted by molar-refractivity contribution is 0.121. The standard InChI is InChI=1S/C30H52O/c1-21(2)13-10-14-22(3)15-11-16-23(4)17-12-18-30(9)19-28-26(7)24(5)25(6)27(8)29(28)31-20-30/h21-23H,10-20H2,1-9H3. The van der Waals surface area contributed by atoms with Crippen molar-refractivity contribution in [3.63, 3.8) is 0 Å². The van der Waals surface area contributed by atoms with Crippen LogP contribution < -0.4 is 4.74 Å². The summed E-state index contributed by atoms with van der Waals surface area (Å²) in [6.07, 6.45) is 13.6. The maximum absolute atomic E-state index is 6.38. The maximum Gasteiger partial charge on any atom is 0.125 e. The van der Waals surface area contributed by atoms with E-state index in [2.05, 4.69) is 62.3 Å². The molecule has 0 saturated heterocycles. The molecule has 0 radical (unpaired) electrons. The molecule has 0 N–H and O–H groups in total. The number of hydrogen-bond acceptors (Lipinski definition) is 1. The highest BCUT2D eigenvalue weighted by Gasteiger charge is 2.33. The van der Waals surface area contributed by atoms with Crippen LogP contribution >= 0.6 is 0 Å². The first-order valence-electron chi connectivity index (χ1n) is 13.3. The summed E-state index contributed by atoms with van der Waals surface area (Å²) >= 11 is 0. The Morgan fingerprint density at radius 1 is 0.710 bits per heavy atom. The molecule has 1 aromatic rings. The van der Waals surface area contributed by atoms with Crippen LogP contribution in [0.2, 0.25) is 0 Å². The molecule has 1 aliphatic rings. The number of benzene rings is 1. The lowest BCUT2D eigenvalue weighted by Gasteiger charge is -2.37. The summed E-state index contributed by atoms with van der Waals surface area (Å²) in [5, 5.41) is 0. The largest absolute Gasteiger partial charge is 0.492 e. The van der Waals surface area contributed by atoms with Gasteiger partial charge in [0, 0.05) is 5.41 Å². The van der Waals surface area contributed by atoms with Crippen molar-refractivity contribution in [3.05, 3.63) is 27.8 Å². The lowest BCUT2D eigenvalue weighted by Crippen LogP contribution is -2.33. The molecule has 0 spiro atoms. The van der Waals surface area contributed by atoms with E-state index in [0.29, 0.717) is 0 Å². The minimum Gasteiger partial charge on any atom is -0.492 e. The molecular weight excluding hydrogens is 376 g/mol. The van der Waals surface area contributed by atoms with Crippen LogP contribution in [0.4, 0.5) is 0 Å². The molecule has 0 aliphatic carbocycles. The molecule has 1 aromatic carbocycles. The summed E-state index contributed by atoms with van der Waals surface area (Å²) in [5.74, 6) is 3.81. The lowest BCUT2D eigenvalue weighted by atomic mass is 9.75. The van der Waals surface area contributed by atoms with Gasteiger partial charge in [-0.1, -0.05) is 86.0 Å². The normalized spacial score (nSPS) is 20.5. The van der Waals surface area contributed by atoms with Gasteiger partial charge >= 0.3 is 0 Å². The Bertz CT molecular complexity index is 701. The van der Waals surface area contributed by atoms with Crippen LogP contribution in [0.1, 0.15) is 120 Å². The van der Waals surface area contributed by atoms with Crippen molar-refractivity contribution in [2.45, 2.75) is 127 Å². The molecule has 1 nitrogen and oxygen atoms in total. The first-order chi connectivity index (χ1) is 14.5. The van der Waals surface area contributed by atoms with E-state index in [0.717, 1.165) is 24.4 Å². The Kier molecular flexibility index (Phi) is 9.97. The Balaban J connectivity index is 1.74. The summed E-state index contributed by atoms with van der Waals surface area (Å²) in [4.78, 5) is 0. The third kappa shape index (κ3) is 7.54. The Morgan fingerprint density at radius 3 is 1.81 bits per heavy atom. The van der Waals surface area contributed by atoms with E-state index in [1.54, 1.807) is 0 Å². The van der Waals surface area contributed by atoms with Crippen LogP contribution in [-0.4, -0.2) is 6.61 Å². The summed E-state index contributed by atoms with van der Waals surface area (Å²) in [6.45, 7) is 22.0. The third-order valence-electron chi connectivity index (χ3n) is 8.27. The summed E-state index contributed by atoms with van der Waals surface area (Å²) in [6, 6.07) is 0. The molecule has 2 rings (SSSR count). The number of ether oxygens (including phenoxy) is 1. The maximum atomic E-state index is 6.38. The van der Waals surface area contributed by atoms with E-state index in [1.165, 1.54) is 97.8 Å². The van der Waals surface area contributed by atoms with Gasteiger partial charge in [0.25, 0.3) is 0 Å². The number of hydrogen-bond donors (Lipinski definition) is 0. The molecule has 0 amide bonds. The van der Waals surface area contributed by atoms with E-state index in [-0.39, 0.29) is 5.41 Å². The fourth-order valence-electron chi connectivity index (χ4n) is 5.50. The van der Waals surface area contributed by atoms with Gasteiger partial charge in [0.15, 0.2) is 0 Å². The zero-order valence-electron chi connectivity index (χ0n) is 22.4. The quantitative estimate of drug-likeness (QED) is 0.322. The molecule has 31 heavy (non-hydrogen) atoms. The van der Waals surface area contributed by atoms with Crippen molar-refractivity contribution < 1.29 is 4.74 Å². The monoisotopic (exact) mass is 428 g/mol. The summed E-state index contributed by atoms with van der Waals surface area (Å²) in [5.41, 5.74) is 7.44. The van der Waals surface area contributed by atoms with Gasteiger partial charge in [0.2, 0.25) is 0 Å². The second kappa shape index (κ2) is 11.8. The average molecular weight is 429 g/mol. The molecule has 1 aliphatic heterocycles. The predicted molar refractivity (Wildman–Crippen MR) is 137 cm³/mol. The van der Waals surface area contributed by atoms with Crippen LogP contribution in [-0.2, 0) is 6.42 Å². The van der Waals surface area contributed by atoms with Gasteiger partial charge in [-0.05, 0) is 86.1 Å². The van der Waals surface area contributed by atoms with Crippen molar-refractivity contribution >= 4 is 0 Å². The fraction of sp³-hybridized carbons (Fsp3) is 0.800. The van der Waals surface area contributed by atoms with Crippen molar-refractivity contribution in [2.75, 3.05) is 6.61 Å². The van der Waals surface area contributed by atoms with Crippen LogP contribution in [0.3, 0.4) is 0 Å². The van der Waals surface area contributed by atoms with E-state index in [9.17, 15) is 0 Å². The molecule has 0 saturated carbocycles. The molecule has 178 valence electrons. The fourth-order valence-corrected chi connectivity index (χ4v) is 5.50. The Hall–Kier alpha value is -0.980. The van der Waals surface area contributed by atoms with Gasteiger partial charge in [-0.3, -0.25) is 0 Å². The predicted octanol–water partition coefficient (Wildman–Crippen LogP) is 9.30. The Labute approximate surface area is 194 Å². The van der Waals surface area contributed by atoms with Gasteiger partial charge in [0.1, 0.15) is 5.75 Å². The Morgan fingerprint density at radius 2 is 1.23 bits per heavy atom. The highest BCUT2D eigenvalue weighted by Crippen LogP contribution is 2.43. The molecule has 3 unspecified atom stereocenters. The highest BCUT2D eigenvalue weighted by atomic mass is 16.5. The second-order valence-corrected chi connectivity index (χ2v) is 11.9. The second-order valence-electron chi connectivity index (χ2n) is 11.9. The van der Waals surface area contributed by atoms with Crippen LogP contribution in [0.5, 0.6) is 5.75 Å². The van der Waals surface area contributed by atoms with E-state index in [4.69, 9.17) is 4.74 Å². The minimum absolute atomic E-state index is 0.288. The number of rotatable bonds is 12. The topological polar surface area (TPSA) is 9.23 Å². The van der Waals surface area contributed by atoms with Crippen molar-refractivity contribution in [1.29, 1.82) is 0 Å². The third-order valence-corrected chi connectivity index (χ3v) is 8.27. The van der Waals surface area contributed by atoms with Gasteiger partial charge in [-0.15, -0.1) is 0 Å². The number of fused-ring (bicyclic) bond motifs is 1.